The van der Waals surface area contributed by atoms with E-state index in [9.17, 15) is 5.11 Å². The highest BCUT2D eigenvalue weighted by Crippen LogP contribution is 2.61. The van der Waals surface area contributed by atoms with E-state index in [0.717, 1.165) is 43.9 Å². The summed E-state index contributed by atoms with van der Waals surface area (Å²) in [4.78, 5) is 0. The van der Waals surface area contributed by atoms with Crippen LogP contribution in [-0.4, -0.2) is 25.1 Å². The predicted octanol–water partition coefficient (Wildman–Crippen LogP) is 4.74. The van der Waals surface area contributed by atoms with Crippen LogP contribution in [0.5, 0.6) is 0 Å². The van der Waals surface area contributed by atoms with E-state index < -0.39 is 0 Å². The second kappa shape index (κ2) is 5.35. The van der Waals surface area contributed by atoms with Gasteiger partial charge in [0.05, 0.1) is 5.76 Å². The van der Waals surface area contributed by atoms with Gasteiger partial charge in [-0.15, -0.1) is 0 Å². The summed E-state index contributed by atoms with van der Waals surface area (Å²) in [5.41, 5.74) is 3.39. The Morgan fingerprint density at radius 2 is 1.91 bits per heavy atom. The lowest BCUT2D eigenvalue weighted by molar-refractivity contribution is -0.213. The van der Waals surface area contributed by atoms with Crippen LogP contribution in [0.2, 0.25) is 0 Å². The van der Waals surface area contributed by atoms with Gasteiger partial charge in [0.2, 0.25) is 0 Å². The van der Waals surface area contributed by atoms with E-state index in [4.69, 9.17) is 9.47 Å². The van der Waals surface area contributed by atoms with Crippen LogP contribution in [0, 0.1) is 23.2 Å². The molecule has 23 heavy (non-hydrogen) atoms. The van der Waals surface area contributed by atoms with Gasteiger partial charge in [-0.2, -0.15) is 0 Å². The average Bonchev–Trinajstić information content (AvgIpc) is 2.89. The maximum absolute atomic E-state index is 10.4. The normalized spacial score (nSPS) is 41.9. The summed E-state index contributed by atoms with van der Waals surface area (Å²) < 4.78 is 11.4. The van der Waals surface area contributed by atoms with E-state index in [2.05, 4.69) is 13.0 Å². The Bertz CT molecular complexity index is 557. The Kier molecular flexibility index (Phi) is 3.66. The van der Waals surface area contributed by atoms with E-state index in [1.54, 1.807) is 25.4 Å². The van der Waals surface area contributed by atoms with Crippen molar-refractivity contribution in [2.45, 2.75) is 64.1 Å². The number of aliphatic hydroxyl groups excluding tert-OH is 1. The van der Waals surface area contributed by atoms with E-state index in [0.29, 0.717) is 11.7 Å². The molecule has 0 aromatic carbocycles. The molecule has 4 aliphatic carbocycles. The minimum Gasteiger partial charge on any atom is -0.512 e. The SMILES string of the molecule is COC1(OC)CCC2=C(CCC3C2CC[C@]2(C)C(O)=CCC32)C1. The minimum absolute atomic E-state index is 0.0523. The summed E-state index contributed by atoms with van der Waals surface area (Å²) in [6.45, 7) is 2.29. The van der Waals surface area contributed by atoms with Crippen molar-refractivity contribution in [2.75, 3.05) is 14.2 Å². The van der Waals surface area contributed by atoms with Crippen LogP contribution in [-0.2, 0) is 9.47 Å². The molecule has 4 rings (SSSR count). The maximum atomic E-state index is 10.4. The van der Waals surface area contributed by atoms with Gasteiger partial charge in [0, 0.05) is 32.5 Å². The molecule has 1 saturated carbocycles. The Labute approximate surface area is 139 Å². The standard InChI is InChI=1S/C20H30O3/c1-19-10-8-15-14-9-11-20(22-2,23-3)12-13(14)4-5-16(15)17(19)6-7-18(19)21/h7,15-17,21H,4-6,8-12H2,1-3H3/t15?,16?,17?,19-/m0/s1. The van der Waals surface area contributed by atoms with Gasteiger partial charge < -0.3 is 14.6 Å². The van der Waals surface area contributed by atoms with Gasteiger partial charge in [0.15, 0.2) is 5.79 Å². The quantitative estimate of drug-likeness (QED) is 0.590. The molecule has 3 heteroatoms. The number of methoxy groups -OCH3 is 2. The van der Waals surface area contributed by atoms with Crippen molar-refractivity contribution in [2.24, 2.45) is 23.2 Å². The number of hydrogen-bond acceptors (Lipinski definition) is 3. The zero-order chi connectivity index (χ0) is 16.2. The van der Waals surface area contributed by atoms with E-state index >= 15 is 0 Å². The molecule has 0 amide bonds. The minimum atomic E-state index is -0.387. The number of aliphatic hydroxyl groups is 1. The fourth-order valence-corrected chi connectivity index (χ4v) is 6.17. The van der Waals surface area contributed by atoms with Crippen molar-refractivity contribution in [3.63, 3.8) is 0 Å². The van der Waals surface area contributed by atoms with Gasteiger partial charge in [-0.1, -0.05) is 18.1 Å². The lowest BCUT2D eigenvalue weighted by atomic mass is 9.54. The van der Waals surface area contributed by atoms with Gasteiger partial charge >= 0.3 is 0 Å². The molecule has 0 aliphatic heterocycles. The highest BCUT2D eigenvalue weighted by Gasteiger charge is 2.53. The predicted molar refractivity (Wildman–Crippen MR) is 90.0 cm³/mol. The van der Waals surface area contributed by atoms with Crippen molar-refractivity contribution in [3.05, 3.63) is 23.0 Å². The number of rotatable bonds is 2. The van der Waals surface area contributed by atoms with Gasteiger partial charge in [-0.3, -0.25) is 0 Å². The Morgan fingerprint density at radius 1 is 1.13 bits per heavy atom. The monoisotopic (exact) mass is 318 g/mol. The molecular formula is C20H30O3. The number of allylic oxidation sites excluding steroid dienone is 3. The number of fused-ring (bicyclic) bond motifs is 4. The van der Waals surface area contributed by atoms with E-state index in [-0.39, 0.29) is 11.2 Å². The van der Waals surface area contributed by atoms with Gasteiger partial charge in [-0.25, -0.2) is 0 Å². The van der Waals surface area contributed by atoms with Gasteiger partial charge in [0.25, 0.3) is 0 Å². The average molecular weight is 318 g/mol. The molecule has 0 heterocycles. The van der Waals surface area contributed by atoms with Crippen molar-refractivity contribution in [1.82, 2.24) is 0 Å². The molecular weight excluding hydrogens is 288 g/mol. The fourth-order valence-electron chi connectivity index (χ4n) is 6.17. The fraction of sp³-hybridized carbons (Fsp3) is 0.800. The third-order valence-electron chi connectivity index (χ3n) is 7.66. The first-order chi connectivity index (χ1) is 11.0. The highest BCUT2D eigenvalue weighted by atomic mass is 16.7. The number of hydrogen-bond donors (Lipinski definition) is 1. The third-order valence-corrected chi connectivity index (χ3v) is 7.66. The smallest absolute Gasteiger partial charge is 0.171 e. The van der Waals surface area contributed by atoms with E-state index in [1.165, 1.54) is 19.3 Å². The molecule has 0 bridgehead atoms. The molecule has 3 unspecified atom stereocenters. The van der Waals surface area contributed by atoms with Crippen LogP contribution in [0.25, 0.3) is 0 Å². The topological polar surface area (TPSA) is 38.7 Å². The molecule has 4 atom stereocenters. The highest BCUT2D eigenvalue weighted by molar-refractivity contribution is 5.30. The van der Waals surface area contributed by atoms with Crippen molar-refractivity contribution < 1.29 is 14.6 Å². The lowest BCUT2D eigenvalue weighted by Gasteiger charge is -2.52. The molecule has 1 N–H and O–H groups in total. The summed E-state index contributed by atoms with van der Waals surface area (Å²) in [6, 6.07) is 0. The summed E-state index contributed by atoms with van der Waals surface area (Å²) in [5.74, 6) is 2.42. The third kappa shape index (κ3) is 2.16. The van der Waals surface area contributed by atoms with Crippen LogP contribution < -0.4 is 0 Å². The Balaban J connectivity index is 1.61. The second-order valence-corrected chi connectivity index (χ2v) is 8.32. The Hall–Kier alpha value is -0.800. The molecule has 1 fully saturated rings. The van der Waals surface area contributed by atoms with Crippen LogP contribution >= 0.6 is 0 Å². The zero-order valence-electron chi connectivity index (χ0n) is 14.7. The molecule has 0 aromatic rings. The van der Waals surface area contributed by atoms with Crippen LogP contribution in [0.4, 0.5) is 0 Å². The molecule has 128 valence electrons. The molecule has 0 aromatic heterocycles. The van der Waals surface area contributed by atoms with Gasteiger partial charge in [-0.05, 0) is 62.4 Å². The zero-order valence-corrected chi connectivity index (χ0v) is 14.7. The van der Waals surface area contributed by atoms with Crippen LogP contribution in [0.15, 0.2) is 23.0 Å². The van der Waals surface area contributed by atoms with Crippen LogP contribution in [0.1, 0.15) is 58.3 Å². The van der Waals surface area contributed by atoms with Crippen LogP contribution in [0.3, 0.4) is 0 Å². The molecule has 0 saturated heterocycles. The first-order valence-electron chi connectivity index (χ1n) is 9.24. The van der Waals surface area contributed by atoms with E-state index in [1.807, 2.05) is 0 Å². The van der Waals surface area contributed by atoms with Crippen molar-refractivity contribution >= 4 is 0 Å². The van der Waals surface area contributed by atoms with Crippen molar-refractivity contribution in [3.8, 4) is 0 Å². The van der Waals surface area contributed by atoms with Crippen molar-refractivity contribution in [1.29, 1.82) is 0 Å². The second-order valence-electron chi connectivity index (χ2n) is 8.32. The summed E-state index contributed by atoms with van der Waals surface area (Å²) in [5, 5.41) is 10.4. The first-order valence-corrected chi connectivity index (χ1v) is 9.24. The van der Waals surface area contributed by atoms with Gasteiger partial charge in [0.1, 0.15) is 0 Å². The number of ether oxygens (including phenoxy) is 2. The lowest BCUT2D eigenvalue weighted by Crippen LogP contribution is -2.45. The molecule has 0 radical (unpaired) electrons. The summed E-state index contributed by atoms with van der Waals surface area (Å²) in [7, 11) is 3.55. The molecule has 3 nitrogen and oxygen atoms in total. The molecule has 0 spiro atoms. The summed E-state index contributed by atoms with van der Waals surface area (Å²) in [6.07, 6.45) is 11.1. The Morgan fingerprint density at radius 3 is 2.65 bits per heavy atom. The largest absolute Gasteiger partial charge is 0.512 e. The summed E-state index contributed by atoms with van der Waals surface area (Å²) >= 11 is 0. The maximum Gasteiger partial charge on any atom is 0.171 e. The first kappa shape index (κ1) is 15.7. The molecule has 4 aliphatic rings.